The second-order valence-corrected chi connectivity index (χ2v) is 7.30. The number of nitrogens with two attached hydrogens (primary N) is 1. The first-order valence-electron chi connectivity index (χ1n) is 7.28. The highest BCUT2D eigenvalue weighted by molar-refractivity contribution is 7.89. The summed E-state index contributed by atoms with van der Waals surface area (Å²) >= 11 is 0. The molecule has 0 spiro atoms. The van der Waals surface area contributed by atoms with Crippen LogP contribution < -0.4 is 5.73 Å². The molecule has 8 heteroatoms. The van der Waals surface area contributed by atoms with Gasteiger partial charge in [0.05, 0.1) is 11.8 Å². The number of nitrogen functional groups attached to an aromatic ring is 1. The van der Waals surface area contributed by atoms with Crippen molar-refractivity contribution in [2.45, 2.75) is 44.1 Å². The van der Waals surface area contributed by atoms with Gasteiger partial charge in [0, 0.05) is 26.7 Å². The SMILES string of the molecule is CCCOC1CCCN(S(=O)(=O)c2c(N)nn(C)c2C)C1. The number of nitrogens with zero attached hydrogens (tertiary/aromatic N) is 3. The molecule has 21 heavy (non-hydrogen) atoms. The van der Waals surface area contributed by atoms with Gasteiger partial charge in [0.2, 0.25) is 10.0 Å². The third kappa shape index (κ3) is 3.22. The van der Waals surface area contributed by atoms with Crippen LogP contribution in [0.5, 0.6) is 0 Å². The molecule has 120 valence electrons. The highest BCUT2D eigenvalue weighted by Crippen LogP contribution is 2.27. The predicted octanol–water partition coefficient (Wildman–Crippen LogP) is 0.890. The van der Waals surface area contributed by atoms with Gasteiger partial charge in [0.25, 0.3) is 0 Å². The molecule has 0 bridgehead atoms. The van der Waals surface area contributed by atoms with Crippen molar-refractivity contribution in [2.75, 3.05) is 25.4 Å². The first-order valence-corrected chi connectivity index (χ1v) is 8.72. The number of aryl methyl sites for hydroxylation is 1. The fraction of sp³-hybridized carbons (Fsp3) is 0.769. The number of sulfonamides is 1. The van der Waals surface area contributed by atoms with E-state index in [1.807, 2.05) is 6.92 Å². The fourth-order valence-corrected chi connectivity index (χ4v) is 4.41. The van der Waals surface area contributed by atoms with Gasteiger partial charge < -0.3 is 10.5 Å². The second kappa shape index (κ2) is 6.33. The molecule has 0 saturated carbocycles. The first-order chi connectivity index (χ1) is 9.87. The Morgan fingerprint density at radius 1 is 1.48 bits per heavy atom. The molecule has 2 heterocycles. The molecule has 7 nitrogen and oxygen atoms in total. The quantitative estimate of drug-likeness (QED) is 0.871. The summed E-state index contributed by atoms with van der Waals surface area (Å²) in [5, 5.41) is 4.00. The summed E-state index contributed by atoms with van der Waals surface area (Å²) in [6.45, 7) is 5.30. The van der Waals surface area contributed by atoms with Gasteiger partial charge in [-0.3, -0.25) is 4.68 Å². The van der Waals surface area contributed by atoms with Crippen molar-refractivity contribution in [3.05, 3.63) is 5.69 Å². The van der Waals surface area contributed by atoms with Crippen LogP contribution in [0.3, 0.4) is 0 Å². The van der Waals surface area contributed by atoms with Gasteiger partial charge in [-0.1, -0.05) is 6.92 Å². The van der Waals surface area contributed by atoms with E-state index < -0.39 is 10.0 Å². The molecule has 0 radical (unpaired) electrons. The predicted molar refractivity (Wildman–Crippen MR) is 80.4 cm³/mol. The molecule has 2 rings (SSSR count). The Morgan fingerprint density at radius 3 is 2.76 bits per heavy atom. The fourth-order valence-electron chi connectivity index (χ4n) is 2.61. The van der Waals surface area contributed by atoms with E-state index in [1.165, 1.54) is 8.99 Å². The lowest BCUT2D eigenvalue weighted by atomic mass is 10.1. The Morgan fingerprint density at radius 2 is 2.19 bits per heavy atom. The van der Waals surface area contributed by atoms with Crippen LogP contribution in [-0.4, -0.2) is 48.3 Å². The van der Waals surface area contributed by atoms with Crippen LogP contribution in [0, 0.1) is 6.92 Å². The summed E-state index contributed by atoms with van der Waals surface area (Å²) in [4.78, 5) is 0.126. The van der Waals surface area contributed by atoms with E-state index in [4.69, 9.17) is 10.5 Å². The monoisotopic (exact) mass is 316 g/mol. The Balaban J connectivity index is 2.23. The minimum Gasteiger partial charge on any atom is -0.381 e. The van der Waals surface area contributed by atoms with E-state index in [9.17, 15) is 8.42 Å². The molecule has 1 saturated heterocycles. The molecule has 1 atom stereocenters. The molecular weight excluding hydrogens is 292 g/mol. The minimum absolute atomic E-state index is 0.0355. The molecule has 1 aliphatic heterocycles. The zero-order chi connectivity index (χ0) is 15.6. The van der Waals surface area contributed by atoms with Crippen LogP contribution in [0.4, 0.5) is 5.82 Å². The highest BCUT2D eigenvalue weighted by Gasteiger charge is 2.34. The molecule has 1 unspecified atom stereocenters. The number of anilines is 1. The van der Waals surface area contributed by atoms with Crippen molar-refractivity contribution >= 4 is 15.8 Å². The van der Waals surface area contributed by atoms with Crippen LogP contribution in [-0.2, 0) is 21.8 Å². The van der Waals surface area contributed by atoms with E-state index >= 15 is 0 Å². The van der Waals surface area contributed by atoms with Gasteiger partial charge in [-0.15, -0.1) is 0 Å². The third-order valence-electron chi connectivity index (χ3n) is 3.80. The molecule has 1 fully saturated rings. The summed E-state index contributed by atoms with van der Waals surface area (Å²) in [6, 6.07) is 0. The number of piperidine rings is 1. The largest absolute Gasteiger partial charge is 0.381 e. The van der Waals surface area contributed by atoms with E-state index in [0.29, 0.717) is 25.4 Å². The molecule has 1 aromatic rings. The summed E-state index contributed by atoms with van der Waals surface area (Å²) in [7, 11) is -1.93. The van der Waals surface area contributed by atoms with Gasteiger partial charge >= 0.3 is 0 Å². The van der Waals surface area contributed by atoms with Crippen LogP contribution in [0.1, 0.15) is 31.9 Å². The topological polar surface area (TPSA) is 90.4 Å². The maximum Gasteiger partial charge on any atom is 0.248 e. The second-order valence-electron chi connectivity index (χ2n) is 5.42. The van der Waals surface area contributed by atoms with Crippen LogP contribution in [0.2, 0.25) is 0 Å². The zero-order valence-electron chi connectivity index (χ0n) is 12.9. The van der Waals surface area contributed by atoms with Gasteiger partial charge in [-0.25, -0.2) is 8.42 Å². The molecule has 2 N–H and O–H groups in total. The number of aromatic nitrogens is 2. The molecule has 0 aromatic carbocycles. The average molecular weight is 316 g/mol. The number of rotatable bonds is 5. The number of ether oxygens (including phenoxy) is 1. The third-order valence-corrected chi connectivity index (χ3v) is 5.83. The van der Waals surface area contributed by atoms with Crippen LogP contribution in [0.15, 0.2) is 4.90 Å². The Kier molecular flexibility index (Phi) is 4.90. The lowest BCUT2D eigenvalue weighted by Crippen LogP contribution is -2.43. The maximum absolute atomic E-state index is 12.8. The van der Waals surface area contributed by atoms with Crippen LogP contribution in [0.25, 0.3) is 0 Å². The summed E-state index contributed by atoms with van der Waals surface area (Å²) in [5.41, 5.74) is 6.34. The van der Waals surface area contributed by atoms with Crippen molar-refractivity contribution in [1.82, 2.24) is 14.1 Å². The van der Waals surface area contributed by atoms with Crippen molar-refractivity contribution in [2.24, 2.45) is 7.05 Å². The van der Waals surface area contributed by atoms with Crippen molar-refractivity contribution < 1.29 is 13.2 Å². The highest BCUT2D eigenvalue weighted by atomic mass is 32.2. The Labute approximate surface area is 126 Å². The molecular formula is C13H24N4O3S. The maximum atomic E-state index is 12.8. The van der Waals surface area contributed by atoms with Crippen molar-refractivity contribution in [3.8, 4) is 0 Å². The Hall–Kier alpha value is -1.12. The van der Waals surface area contributed by atoms with E-state index in [-0.39, 0.29) is 16.8 Å². The molecule has 1 aromatic heterocycles. The number of hydrogen-bond acceptors (Lipinski definition) is 5. The van der Waals surface area contributed by atoms with Gasteiger partial charge in [-0.05, 0) is 26.2 Å². The van der Waals surface area contributed by atoms with Crippen molar-refractivity contribution in [3.63, 3.8) is 0 Å². The van der Waals surface area contributed by atoms with Crippen LogP contribution >= 0.6 is 0 Å². The Bertz CT molecular complexity index is 597. The van der Waals surface area contributed by atoms with Gasteiger partial charge in [-0.2, -0.15) is 9.40 Å². The first kappa shape index (κ1) is 16.3. The van der Waals surface area contributed by atoms with Crippen molar-refractivity contribution in [1.29, 1.82) is 0 Å². The van der Waals surface area contributed by atoms with Gasteiger partial charge in [0.1, 0.15) is 4.90 Å². The molecule has 0 amide bonds. The average Bonchev–Trinajstić information content (AvgIpc) is 2.70. The lowest BCUT2D eigenvalue weighted by Gasteiger charge is -2.31. The molecule has 0 aliphatic carbocycles. The summed E-state index contributed by atoms with van der Waals surface area (Å²) < 4.78 is 34.3. The standard InChI is InChI=1S/C13H24N4O3S/c1-4-8-20-11-6-5-7-17(9-11)21(18,19)12-10(2)16(3)15-13(12)14/h11H,4-9H2,1-3H3,(H2,14,15). The summed E-state index contributed by atoms with van der Waals surface area (Å²) in [6.07, 6.45) is 2.59. The minimum atomic E-state index is -3.62. The van der Waals surface area contributed by atoms with E-state index in [1.54, 1.807) is 14.0 Å². The van der Waals surface area contributed by atoms with E-state index in [0.717, 1.165) is 19.3 Å². The van der Waals surface area contributed by atoms with Gasteiger partial charge in [0.15, 0.2) is 5.82 Å². The smallest absolute Gasteiger partial charge is 0.248 e. The summed E-state index contributed by atoms with van der Waals surface area (Å²) in [5.74, 6) is 0.0617. The number of hydrogen-bond donors (Lipinski definition) is 1. The van der Waals surface area contributed by atoms with E-state index in [2.05, 4.69) is 5.10 Å². The molecule has 1 aliphatic rings. The zero-order valence-corrected chi connectivity index (χ0v) is 13.7. The lowest BCUT2D eigenvalue weighted by molar-refractivity contribution is 0.0193. The normalized spacial score (nSPS) is 20.8.